The minimum atomic E-state index is 0.710. The van der Waals surface area contributed by atoms with Gasteiger partial charge in [0, 0.05) is 37.4 Å². The van der Waals surface area contributed by atoms with Crippen molar-refractivity contribution in [2.75, 3.05) is 36.0 Å². The van der Waals surface area contributed by atoms with E-state index in [4.69, 9.17) is 0 Å². The number of aromatic nitrogens is 6. The lowest BCUT2D eigenvalue weighted by Gasteiger charge is -2.36. The first-order valence-corrected chi connectivity index (χ1v) is 8.22. The van der Waals surface area contributed by atoms with Gasteiger partial charge in [-0.3, -0.25) is 0 Å². The van der Waals surface area contributed by atoms with Gasteiger partial charge in [-0.2, -0.15) is 0 Å². The zero-order chi connectivity index (χ0) is 16.5. The monoisotopic (exact) mass is 324 g/mol. The van der Waals surface area contributed by atoms with Gasteiger partial charge < -0.3 is 14.8 Å². The lowest BCUT2D eigenvalue weighted by molar-refractivity contribution is 0.638. The summed E-state index contributed by atoms with van der Waals surface area (Å²) >= 11 is 0. The Bertz CT molecular complexity index is 850. The third-order valence-electron chi connectivity index (χ3n) is 4.57. The lowest BCUT2D eigenvalue weighted by atomic mass is 10.1. The maximum absolute atomic E-state index is 4.53. The Kier molecular flexibility index (Phi) is 3.72. The van der Waals surface area contributed by atoms with Gasteiger partial charge in [-0.05, 0) is 13.3 Å². The molecule has 0 saturated carbocycles. The van der Waals surface area contributed by atoms with Crippen molar-refractivity contribution in [3.05, 3.63) is 30.2 Å². The molecule has 0 aliphatic carbocycles. The minimum absolute atomic E-state index is 0.710. The average molecular weight is 324 g/mol. The van der Waals surface area contributed by atoms with Crippen molar-refractivity contribution >= 4 is 22.8 Å². The number of imidazole rings is 1. The molecular formula is C16H20N8. The molecule has 0 radical (unpaired) electrons. The summed E-state index contributed by atoms with van der Waals surface area (Å²) in [6, 6.07) is 0. The fraction of sp³-hybridized carbons (Fsp3) is 0.438. The van der Waals surface area contributed by atoms with Crippen molar-refractivity contribution in [2.24, 2.45) is 0 Å². The number of aryl methyl sites for hydroxylation is 1. The Morgan fingerprint density at radius 2 is 1.58 bits per heavy atom. The maximum atomic E-state index is 4.53. The van der Waals surface area contributed by atoms with Gasteiger partial charge in [0.2, 0.25) is 0 Å². The van der Waals surface area contributed by atoms with Crippen LogP contribution in [0.2, 0.25) is 0 Å². The van der Waals surface area contributed by atoms with Crippen LogP contribution in [-0.4, -0.2) is 56.1 Å². The number of fused-ring (bicyclic) bond motifs is 1. The summed E-state index contributed by atoms with van der Waals surface area (Å²) in [7, 11) is 0. The highest BCUT2D eigenvalue weighted by atomic mass is 15.3. The van der Waals surface area contributed by atoms with Crippen LogP contribution in [0.25, 0.3) is 11.2 Å². The predicted molar refractivity (Wildman–Crippen MR) is 92.3 cm³/mol. The largest absolute Gasteiger partial charge is 0.353 e. The van der Waals surface area contributed by atoms with Crippen LogP contribution >= 0.6 is 0 Å². The highest BCUT2D eigenvalue weighted by molar-refractivity contribution is 5.82. The smallest absolute Gasteiger partial charge is 0.182 e. The van der Waals surface area contributed by atoms with E-state index in [-0.39, 0.29) is 0 Å². The van der Waals surface area contributed by atoms with Gasteiger partial charge >= 0.3 is 0 Å². The van der Waals surface area contributed by atoms with Crippen molar-refractivity contribution in [2.45, 2.75) is 20.3 Å². The molecule has 0 aromatic carbocycles. The molecule has 0 amide bonds. The topological polar surface area (TPSA) is 86.7 Å². The number of nitrogens with zero attached hydrogens (tertiary/aromatic N) is 7. The van der Waals surface area contributed by atoms with E-state index in [1.807, 2.05) is 0 Å². The number of hydrogen-bond donors (Lipinski definition) is 1. The van der Waals surface area contributed by atoms with Crippen molar-refractivity contribution in [3.63, 3.8) is 0 Å². The summed E-state index contributed by atoms with van der Waals surface area (Å²) in [6.07, 6.45) is 5.85. The summed E-state index contributed by atoms with van der Waals surface area (Å²) in [5, 5.41) is 0. The van der Waals surface area contributed by atoms with Crippen LogP contribution in [0.3, 0.4) is 0 Å². The van der Waals surface area contributed by atoms with E-state index >= 15 is 0 Å². The summed E-state index contributed by atoms with van der Waals surface area (Å²) in [6.45, 7) is 7.79. The highest BCUT2D eigenvalue weighted by Crippen LogP contribution is 2.25. The molecule has 1 saturated heterocycles. The summed E-state index contributed by atoms with van der Waals surface area (Å²) in [5.74, 6) is 1.99. The molecule has 1 aliphatic heterocycles. The highest BCUT2D eigenvalue weighted by Gasteiger charge is 2.23. The molecule has 3 aromatic heterocycles. The van der Waals surface area contributed by atoms with Crippen LogP contribution in [0, 0.1) is 6.92 Å². The molecule has 0 atom stereocenters. The Balaban J connectivity index is 1.55. The van der Waals surface area contributed by atoms with E-state index in [1.54, 1.807) is 19.0 Å². The lowest BCUT2D eigenvalue weighted by Crippen LogP contribution is -2.47. The third kappa shape index (κ3) is 2.44. The Labute approximate surface area is 140 Å². The van der Waals surface area contributed by atoms with Gasteiger partial charge in [0.25, 0.3) is 0 Å². The van der Waals surface area contributed by atoms with Crippen molar-refractivity contribution < 1.29 is 0 Å². The second-order valence-electron chi connectivity index (χ2n) is 5.89. The zero-order valence-corrected chi connectivity index (χ0v) is 13.9. The van der Waals surface area contributed by atoms with Gasteiger partial charge in [0.15, 0.2) is 11.5 Å². The van der Waals surface area contributed by atoms with E-state index in [1.165, 1.54) is 5.56 Å². The molecule has 8 heteroatoms. The molecular weight excluding hydrogens is 304 g/mol. The normalized spacial score (nSPS) is 15.2. The van der Waals surface area contributed by atoms with Gasteiger partial charge in [-0.15, -0.1) is 0 Å². The SMILES string of the molecule is CCc1c(C)ncnc1N1CCN(c2ncnc3nc[nH]c23)CC1. The van der Waals surface area contributed by atoms with Crippen LogP contribution in [0.5, 0.6) is 0 Å². The Morgan fingerprint density at radius 3 is 2.33 bits per heavy atom. The molecule has 8 nitrogen and oxygen atoms in total. The van der Waals surface area contributed by atoms with Crippen LogP contribution in [0.1, 0.15) is 18.2 Å². The third-order valence-corrected chi connectivity index (χ3v) is 4.57. The molecule has 124 valence electrons. The van der Waals surface area contributed by atoms with Crippen LogP contribution in [0.4, 0.5) is 11.6 Å². The van der Waals surface area contributed by atoms with Gasteiger partial charge in [0.1, 0.15) is 24.0 Å². The van der Waals surface area contributed by atoms with E-state index < -0.39 is 0 Å². The number of hydrogen-bond acceptors (Lipinski definition) is 7. The minimum Gasteiger partial charge on any atom is -0.353 e. The molecule has 4 rings (SSSR count). The van der Waals surface area contributed by atoms with E-state index in [0.29, 0.717) is 5.65 Å². The summed E-state index contributed by atoms with van der Waals surface area (Å²) in [5.41, 5.74) is 3.92. The van der Waals surface area contributed by atoms with Crippen molar-refractivity contribution in [3.8, 4) is 0 Å². The molecule has 1 N–H and O–H groups in total. The molecule has 1 fully saturated rings. The van der Waals surface area contributed by atoms with Crippen LogP contribution in [-0.2, 0) is 6.42 Å². The first-order valence-electron chi connectivity index (χ1n) is 8.22. The summed E-state index contributed by atoms with van der Waals surface area (Å²) < 4.78 is 0. The predicted octanol–water partition coefficient (Wildman–Crippen LogP) is 1.34. The standard InChI is InChI=1S/C16H20N8/c1-3-12-11(2)17-8-21-15(12)23-4-6-24(7-5-23)16-13-14(19-9-18-13)20-10-22-16/h8-10H,3-7H2,1-2H3,(H,18,19,20,22). The molecule has 1 aliphatic rings. The zero-order valence-electron chi connectivity index (χ0n) is 13.9. The van der Waals surface area contributed by atoms with Crippen LogP contribution in [0.15, 0.2) is 19.0 Å². The van der Waals surface area contributed by atoms with Gasteiger partial charge in [-0.1, -0.05) is 6.92 Å². The first-order chi connectivity index (χ1) is 11.8. The first kappa shape index (κ1) is 14.8. The number of aromatic amines is 1. The quantitative estimate of drug-likeness (QED) is 0.778. The summed E-state index contributed by atoms with van der Waals surface area (Å²) in [4.78, 5) is 29.4. The van der Waals surface area contributed by atoms with E-state index in [2.05, 4.69) is 53.6 Å². The molecule has 24 heavy (non-hydrogen) atoms. The fourth-order valence-electron chi connectivity index (χ4n) is 3.30. The van der Waals surface area contributed by atoms with Crippen molar-refractivity contribution in [1.29, 1.82) is 0 Å². The number of nitrogens with one attached hydrogen (secondary N) is 1. The number of anilines is 2. The van der Waals surface area contributed by atoms with Crippen LogP contribution < -0.4 is 9.80 Å². The number of rotatable bonds is 3. The molecule has 3 aromatic rings. The average Bonchev–Trinajstić information content (AvgIpc) is 3.10. The van der Waals surface area contributed by atoms with E-state index in [9.17, 15) is 0 Å². The molecule has 4 heterocycles. The van der Waals surface area contributed by atoms with Gasteiger partial charge in [-0.25, -0.2) is 24.9 Å². The van der Waals surface area contributed by atoms with E-state index in [0.717, 1.165) is 55.4 Å². The molecule has 0 bridgehead atoms. The second-order valence-corrected chi connectivity index (χ2v) is 5.89. The Morgan fingerprint density at radius 1 is 0.917 bits per heavy atom. The van der Waals surface area contributed by atoms with Crippen molar-refractivity contribution in [1.82, 2.24) is 29.9 Å². The second kappa shape index (κ2) is 6.03. The maximum Gasteiger partial charge on any atom is 0.182 e. The number of piperazine rings is 1. The molecule has 0 spiro atoms. The van der Waals surface area contributed by atoms with Gasteiger partial charge in [0.05, 0.1) is 6.33 Å². The number of H-pyrrole nitrogens is 1. The fourth-order valence-corrected chi connectivity index (χ4v) is 3.30. The molecule has 0 unspecified atom stereocenters. The Hall–Kier alpha value is -2.77.